The average Bonchev–Trinajstić information content (AvgIpc) is 2.60. The van der Waals surface area contributed by atoms with Gasteiger partial charge < -0.3 is 0 Å². The van der Waals surface area contributed by atoms with Crippen molar-refractivity contribution in [2.45, 2.75) is 42.0 Å². The van der Waals surface area contributed by atoms with Gasteiger partial charge in [-0.15, -0.1) is 0 Å². The zero-order valence-corrected chi connectivity index (χ0v) is 13.2. The molecule has 0 fully saturated rings. The highest BCUT2D eigenvalue weighted by Crippen LogP contribution is 2.61. The minimum atomic E-state index is -8.15. The minimum Gasteiger partial charge on any atom is -0.287 e. The molecule has 0 aliphatic rings. The van der Waals surface area contributed by atoms with E-state index >= 15 is 0 Å². The molecule has 0 aromatic heterocycles. The summed E-state index contributed by atoms with van der Waals surface area (Å²) >= 11 is 0. The molecule has 0 amide bonds. The lowest BCUT2D eigenvalue weighted by Gasteiger charge is -2.40. The van der Waals surface area contributed by atoms with Crippen LogP contribution in [0.15, 0.2) is 30.3 Å². The average molecular weight is 456 g/mol. The number of hydrogen-bond donors (Lipinski definition) is 0. The third kappa shape index (κ3) is 3.31. The van der Waals surface area contributed by atoms with E-state index in [0.29, 0.717) is 12.1 Å². The summed E-state index contributed by atoms with van der Waals surface area (Å²) in [5.74, 6) is -49.3. The van der Waals surface area contributed by atoms with E-state index in [0.717, 1.165) is 18.2 Å². The first-order valence-electron chi connectivity index (χ1n) is 6.86. The highest BCUT2D eigenvalue weighted by atomic mass is 19.4. The van der Waals surface area contributed by atoms with Crippen molar-refractivity contribution < 1.29 is 66.3 Å². The van der Waals surface area contributed by atoms with Crippen LogP contribution < -0.4 is 0 Å². The molecule has 0 radical (unpaired) electrons. The predicted molar refractivity (Wildman–Crippen MR) is 66.5 cm³/mol. The van der Waals surface area contributed by atoms with E-state index in [-0.39, 0.29) is 0 Å². The Morgan fingerprint density at radius 1 is 0.621 bits per heavy atom. The van der Waals surface area contributed by atoms with Crippen LogP contribution in [0.1, 0.15) is 10.4 Å². The highest BCUT2D eigenvalue weighted by Gasteiger charge is 2.91. The fraction of sp³-hybridized carbons (Fsp3) is 0.500. The van der Waals surface area contributed by atoms with Gasteiger partial charge in [-0.1, -0.05) is 30.3 Å². The van der Waals surface area contributed by atoms with Gasteiger partial charge in [0.1, 0.15) is 0 Å². The van der Waals surface area contributed by atoms with Crippen LogP contribution in [0.4, 0.5) is 61.5 Å². The smallest absolute Gasteiger partial charge is 0.287 e. The number of benzene rings is 1. The molecular weight excluding hydrogens is 450 g/mol. The summed E-state index contributed by atoms with van der Waals surface area (Å²) in [6.07, 6.45) is -5.76. The van der Waals surface area contributed by atoms with E-state index in [1.165, 1.54) is 0 Å². The SMILES string of the molecule is O=C(c1ccccc1)C(F)(F)C(F)(F)C(F)(F)C(F)(F)C(F)(F)C(F)(F)C(F)F. The Kier molecular flexibility index (Phi) is 6.03. The lowest BCUT2D eigenvalue weighted by atomic mass is 9.88. The Hall–Kier alpha value is -2.09. The van der Waals surface area contributed by atoms with Crippen molar-refractivity contribution in [3.63, 3.8) is 0 Å². The van der Waals surface area contributed by atoms with Crippen molar-refractivity contribution in [1.29, 1.82) is 0 Å². The standard InChI is InChI=1S/C14H6F14O/c15-8(16)10(19,20)12(23,24)14(27,28)13(25,26)11(21,22)9(17,18)7(29)6-4-2-1-3-5-6/h1-5,8H. The molecule has 1 aromatic carbocycles. The molecule has 1 rings (SSSR count). The molecule has 1 nitrogen and oxygen atoms in total. The molecule has 0 aliphatic carbocycles. The zero-order chi connectivity index (χ0) is 23.3. The number of hydrogen-bond acceptors (Lipinski definition) is 1. The lowest BCUT2D eigenvalue weighted by molar-refractivity contribution is -0.427. The molecule has 0 saturated heterocycles. The fourth-order valence-electron chi connectivity index (χ4n) is 1.85. The van der Waals surface area contributed by atoms with E-state index in [1.54, 1.807) is 0 Å². The first-order chi connectivity index (χ1) is 12.7. The van der Waals surface area contributed by atoms with Gasteiger partial charge in [-0.3, -0.25) is 4.79 Å². The van der Waals surface area contributed by atoms with E-state index in [2.05, 4.69) is 0 Å². The number of halogens is 14. The van der Waals surface area contributed by atoms with Crippen LogP contribution in [0, 0.1) is 0 Å². The molecule has 0 atom stereocenters. The van der Waals surface area contributed by atoms with Gasteiger partial charge in [0, 0.05) is 5.56 Å². The zero-order valence-electron chi connectivity index (χ0n) is 13.2. The number of carbonyl (C=O) groups is 1. The van der Waals surface area contributed by atoms with Crippen LogP contribution in [0.5, 0.6) is 0 Å². The van der Waals surface area contributed by atoms with Crippen LogP contribution >= 0.6 is 0 Å². The van der Waals surface area contributed by atoms with Crippen LogP contribution in [0.3, 0.4) is 0 Å². The highest BCUT2D eigenvalue weighted by molar-refractivity contribution is 6.02. The van der Waals surface area contributed by atoms with Crippen LogP contribution in [0.25, 0.3) is 0 Å². The first-order valence-corrected chi connectivity index (χ1v) is 6.86. The number of rotatable bonds is 8. The van der Waals surface area contributed by atoms with Crippen molar-refractivity contribution in [2.24, 2.45) is 0 Å². The summed E-state index contributed by atoms with van der Waals surface area (Å²) in [6.45, 7) is 0. The molecule has 0 saturated carbocycles. The van der Waals surface area contributed by atoms with Gasteiger partial charge in [-0.05, 0) is 0 Å². The maximum atomic E-state index is 13.7. The molecule has 1 aromatic rings. The van der Waals surface area contributed by atoms with Crippen LogP contribution in [-0.4, -0.2) is 47.7 Å². The van der Waals surface area contributed by atoms with Gasteiger partial charge in [0.15, 0.2) is 0 Å². The molecule has 0 N–H and O–H groups in total. The maximum Gasteiger partial charge on any atom is 0.386 e. The van der Waals surface area contributed by atoms with Gasteiger partial charge >= 0.3 is 42.0 Å². The molecular formula is C14H6F14O. The Morgan fingerprint density at radius 3 is 1.38 bits per heavy atom. The second-order valence-corrected chi connectivity index (χ2v) is 5.49. The monoisotopic (exact) mass is 456 g/mol. The first kappa shape index (κ1) is 24.9. The predicted octanol–water partition coefficient (Wildman–Crippen LogP) is 5.95. The topological polar surface area (TPSA) is 17.1 Å². The Morgan fingerprint density at radius 2 is 1.00 bits per heavy atom. The van der Waals surface area contributed by atoms with Crippen molar-refractivity contribution in [3.8, 4) is 0 Å². The Bertz CT molecular complexity index is 740. The summed E-state index contributed by atoms with van der Waals surface area (Å²) in [4.78, 5) is 11.4. The van der Waals surface area contributed by atoms with E-state index < -0.39 is 53.3 Å². The van der Waals surface area contributed by atoms with Gasteiger partial charge in [0.2, 0.25) is 5.78 Å². The number of Topliss-reactive ketones (excluding diaryl/α,β-unsaturated/α-hetero) is 1. The number of carbonyl (C=O) groups excluding carboxylic acids is 1. The van der Waals surface area contributed by atoms with Gasteiger partial charge in [-0.2, -0.15) is 52.7 Å². The summed E-state index contributed by atoms with van der Waals surface area (Å²) < 4.78 is 183. The number of alkyl halides is 14. The lowest BCUT2D eigenvalue weighted by Crippen LogP contribution is -2.72. The fourth-order valence-corrected chi connectivity index (χ4v) is 1.85. The van der Waals surface area contributed by atoms with Crippen molar-refractivity contribution >= 4 is 5.78 Å². The third-order valence-corrected chi connectivity index (χ3v) is 3.59. The quantitative estimate of drug-likeness (QED) is 0.349. The summed E-state index contributed by atoms with van der Waals surface area (Å²) in [5.41, 5.74) is -1.46. The van der Waals surface area contributed by atoms with Crippen LogP contribution in [-0.2, 0) is 0 Å². The van der Waals surface area contributed by atoms with Gasteiger partial charge in [0.05, 0.1) is 0 Å². The Labute approximate surface area is 151 Å². The molecule has 15 heteroatoms. The molecule has 29 heavy (non-hydrogen) atoms. The second kappa shape index (κ2) is 7.00. The normalized spacial score (nSPS) is 15.0. The third-order valence-electron chi connectivity index (χ3n) is 3.59. The largest absolute Gasteiger partial charge is 0.386 e. The minimum absolute atomic E-state index is 0.335. The summed E-state index contributed by atoms with van der Waals surface area (Å²) in [6, 6.07) is 3.17. The summed E-state index contributed by atoms with van der Waals surface area (Å²) in [5, 5.41) is 0. The van der Waals surface area contributed by atoms with E-state index in [1.807, 2.05) is 0 Å². The van der Waals surface area contributed by atoms with E-state index in [4.69, 9.17) is 0 Å². The molecule has 0 spiro atoms. The van der Waals surface area contributed by atoms with Crippen molar-refractivity contribution in [2.75, 3.05) is 0 Å². The molecule has 0 heterocycles. The maximum absolute atomic E-state index is 13.7. The number of ketones is 1. The van der Waals surface area contributed by atoms with E-state index in [9.17, 15) is 66.3 Å². The molecule has 166 valence electrons. The molecule has 0 bridgehead atoms. The van der Waals surface area contributed by atoms with Gasteiger partial charge in [-0.25, -0.2) is 8.78 Å². The van der Waals surface area contributed by atoms with Crippen molar-refractivity contribution in [3.05, 3.63) is 35.9 Å². The molecule has 0 unspecified atom stereocenters. The second-order valence-electron chi connectivity index (χ2n) is 5.49. The van der Waals surface area contributed by atoms with Crippen molar-refractivity contribution in [1.82, 2.24) is 0 Å². The Balaban J connectivity index is 3.56. The van der Waals surface area contributed by atoms with Gasteiger partial charge in [0.25, 0.3) is 0 Å². The molecule has 0 aliphatic heterocycles. The van der Waals surface area contributed by atoms with Crippen LogP contribution in [0.2, 0.25) is 0 Å². The summed E-state index contributed by atoms with van der Waals surface area (Å²) in [7, 11) is 0.